The van der Waals surface area contributed by atoms with Crippen LogP contribution < -0.4 is 20.5 Å². The van der Waals surface area contributed by atoms with Gasteiger partial charge in [-0.3, -0.25) is 0 Å². The molecule has 1 heterocycles. The monoisotopic (exact) mass is 287 g/mol. The summed E-state index contributed by atoms with van der Waals surface area (Å²) in [6, 6.07) is 11.3. The van der Waals surface area contributed by atoms with Gasteiger partial charge in [-0.25, -0.2) is 0 Å². The number of hydrogen-bond acceptors (Lipinski definition) is 5. The maximum atomic E-state index is 5.86. The molecule has 1 aromatic carbocycles. The molecule has 2 aromatic rings. The molecular formula is C16H21N3O2. The Hall–Kier alpha value is -2.43. The molecule has 5 nitrogen and oxygen atoms in total. The number of nitrogens with two attached hydrogens (primary N) is 1. The van der Waals surface area contributed by atoms with E-state index in [0.29, 0.717) is 30.6 Å². The van der Waals surface area contributed by atoms with E-state index in [-0.39, 0.29) is 0 Å². The van der Waals surface area contributed by atoms with Crippen LogP contribution in [0.15, 0.2) is 36.4 Å². The van der Waals surface area contributed by atoms with E-state index in [2.05, 4.69) is 10.3 Å². The van der Waals surface area contributed by atoms with Crippen molar-refractivity contribution >= 4 is 17.2 Å². The van der Waals surface area contributed by atoms with Crippen molar-refractivity contribution in [3.63, 3.8) is 0 Å². The lowest BCUT2D eigenvalue weighted by Gasteiger charge is -2.13. The fourth-order valence-electron chi connectivity index (χ4n) is 1.82. The van der Waals surface area contributed by atoms with Crippen molar-refractivity contribution < 1.29 is 9.47 Å². The summed E-state index contributed by atoms with van der Waals surface area (Å²) in [7, 11) is 0. The van der Waals surface area contributed by atoms with Crippen molar-refractivity contribution in [3.05, 3.63) is 36.4 Å². The molecule has 0 aliphatic carbocycles. The highest BCUT2D eigenvalue weighted by molar-refractivity contribution is 5.66. The lowest BCUT2D eigenvalue weighted by Crippen LogP contribution is -2.04. The van der Waals surface area contributed by atoms with Crippen LogP contribution in [-0.4, -0.2) is 18.2 Å². The summed E-state index contributed by atoms with van der Waals surface area (Å²) >= 11 is 0. The molecule has 0 bridgehead atoms. The Morgan fingerprint density at radius 3 is 2.67 bits per heavy atom. The first-order valence-electron chi connectivity index (χ1n) is 7.12. The second kappa shape index (κ2) is 7.38. The highest BCUT2D eigenvalue weighted by atomic mass is 16.5. The molecular weight excluding hydrogens is 266 g/mol. The predicted molar refractivity (Wildman–Crippen MR) is 85.3 cm³/mol. The van der Waals surface area contributed by atoms with Gasteiger partial charge in [0.2, 0.25) is 5.88 Å². The summed E-state index contributed by atoms with van der Waals surface area (Å²) in [5.74, 6) is 1.91. The lowest BCUT2D eigenvalue weighted by atomic mass is 10.3. The van der Waals surface area contributed by atoms with Gasteiger partial charge in [-0.2, -0.15) is 4.98 Å². The van der Waals surface area contributed by atoms with Crippen LogP contribution in [0.4, 0.5) is 17.2 Å². The Morgan fingerprint density at radius 1 is 1.10 bits per heavy atom. The van der Waals surface area contributed by atoms with Crippen molar-refractivity contribution in [2.24, 2.45) is 0 Å². The first-order valence-corrected chi connectivity index (χ1v) is 7.12. The number of rotatable bonds is 7. The quantitative estimate of drug-likeness (QED) is 0.814. The van der Waals surface area contributed by atoms with Gasteiger partial charge in [-0.05, 0) is 37.6 Å². The van der Waals surface area contributed by atoms with Gasteiger partial charge >= 0.3 is 0 Å². The zero-order valence-electron chi connectivity index (χ0n) is 12.4. The van der Waals surface area contributed by atoms with E-state index in [4.69, 9.17) is 15.2 Å². The predicted octanol–water partition coefficient (Wildman–Crippen LogP) is 3.59. The number of pyridine rings is 1. The average molecular weight is 287 g/mol. The number of nitrogens with zero attached hydrogens (tertiary/aromatic N) is 1. The fraction of sp³-hybridized carbons (Fsp3) is 0.312. The molecule has 0 saturated carbocycles. The highest BCUT2D eigenvalue weighted by Crippen LogP contribution is 2.28. The maximum absolute atomic E-state index is 5.86. The van der Waals surface area contributed by atoms with E-state index in [9.17, 15) is 0 Å². The number of nitrogen functional groups attached to an aromatic ring is 1. The summed E-state index contributed by atoms with van der Waals surface area (Å²) in [4.78, 5) is 4.39. The summed E-state index contributed by atoms with van der Waals surface area (Å²) in [5, 5.41) is 3.23. The second-order valence-electron chi connectivity index (χ2n) is 4.49. The Morgan fingerprint density at radius 2 is 1.90 bits per heavy atom. The molecule has 5 heteroatoms. The van der Waals surface area contributed by atoms with E-state index in [0.717, 1.165) is 17.9 Å². The third kappa shape index (κ3) is 4.02. The minimum atomic E-state index is 0.454. The van der Waals surface area contributed by atoms with Gasteiger partial charge < -0.3 is 20.5 Å². The molecule has 0 aliphatic rings. The molecule has 0 unspecified atom stereocenters. The number of aromatic nitrogens is 1. The van der Waals surface area contributed by atoms with Gasteiger partial charge in [0.25, 0.3) is 0 Å². The van der Waals surface area contributed by atoms with Crippen molar-refractivity contribution in [3.8, 4) is 11.6 Å². The molecule has 0 amide bonds. The Balaban J connectivity index is 2.19. The lowest BCUT2D eigenvalue weighted by molar-refractivity contribution is 0.307. The van der Waals surface area contributed by atoms with Crippen molar-refractivity contribution in [1.82, 2.24) is 4.98 Å². The molecule has 0 aliphatic heterocycles. The van der Waals surface area contributed by atoms with E-state index in [1.54, 1.807) is 6.07 Å². The minimum absolute atomic E-state index is 0.454. The number of ether oxygens (including phenoxy) is 2. The molecule has 2 rings (SSSR count). The summed E-state index contributed by atoms with van der Waals surface area (Å²) in [5.41, 5.74) is 7.25. The zero-order chi connectivity index (χ0) is 15.1. The fourth-order valence-corrected chi connectivity index (χ4v) is 1.82. The van der Waals surface area contributed by atoms with Crippen LogP contribution in [0.1, 0.15) is 20.3 Å². The van der Waals surface area contributed by atoms with E-state index in [1.165, 1.54) is 0 Å². The minimum Gasteiger partial charge on any atom is -0.492 e. The number of nitrogens with one attached hydrogen (secondary N) is 1. The first-order chi connectivity index (χ1) is 10.2. The molecule has 21 heavy (non-hydrogen) atoms. The Bertz CT molecular complexity index is 587. The Labute approximate surface area is 125 Å². The SMILES string of the molecule is CCCOc1nc(Nc2ccccc2OCC)ccc1N. The number of anilines is 3. The highest BCUT2D eigenvalue weighted by Gasteiger charge is 2.07. The van der Waals surface area contributed by atoms with Crippen LogP contribution in [0.25, 0.3) is 0 Å². The summed E-state index contributed by atoms with van der Waals surface area (Å²) in [6.07, 6.45) is 0.909. The molecule has 0 spiro atoms. The van der Waals surface area contributed by atoms with Gasteiger partial charge in [-0.15, -0.1) is 0 Å². The van der Waals surface area contributed by atoms with Crippen LogP contribution in [-0.2, 0) is 0 Å². The van der Waals surface area contributed by atoms with Crippen LogP contribution in [0.5, 0.6) is 11.6 Å². The first kappa shape index (κ1) is 15.0. The molecule has 112 valence electrons. The van der Waals surface area contributed by atoms with E-state index < -0.39 is 0 Å². The van der Waals surface area contributed by atoms with Gasteiger partial charge in [0.15, 0.2) is 0 Å². The van der Waals surface area contributed by atoms with Crippen LogP contribution in [0.2, 0.25) is 0 Å². The molecule has 0 atom stereocenters. The largest absolute Gasteiger partial charge is 0.492 e. The molecule has 3 N–H and O–H groups in total. The van der Waals surface area contributed by atoms with Gasteiger partial charge in [0.1, 0.15) is 11.6 Å². The Kier molecular flexibility index (Phi) is 5.26. The third-order valence-corrected chi connectivity index (χ3v) is 2.78. The van der Waals surface area contributed by atoms with Gasteiger partial charge in [0, 0.05) is 0 Å². The smallest absolute Gasteiger partial charge is 0.239 e. The summed E-state index contributed by atoms with van der Waals surface area (Å²) < 4.78 is 11.1. The zero-order valence-corrected chi connectivity index (χ0v) is 12.4. The number of hydrogen-bond donors (Lipinski definition) is 2. The normalized spacial score (nSPS) is 10.2. The molecule has 0 radical (unpaired) electrons. The summed E-state index contributed by atoms with van der Waals surface area (Å²) in [6.45, 7) is 5.19. The topological polar surface area (TPSA) is 69.4 Å². The van der Waals surface area contributed by atoms with Crippen LogP contribution in [0.3, 0.4) is 0 Å². The van der Waals surface area contributed by atoms with Crippen LogP contribution in [0, 0.1) is 0 Å². The van der Waals surface area contributed by atoms with Crippen molar-refractivity contribution in [2.45, 2.75) is 20.3 Å². The molecule has 0 fully saturated rings. The van der Waals surface area contributed by atoms with Crippen molar-refractivity contribution in [2.75, 3.05) is 24.3 Å². The molecule has 0 saturated heterocycles. The van der Waals surface area contributed by atoms with Gasteiger partial charge in [0.05, 0.1) is 24.6 Å². The van der Waals surface area contributed by atoms with E-state index >= 15 is 0 Å². The maximum Gasteiger partial charge on any atom is 0.239 e. The molecule has 1 aromatic heterocycles. The van der Waals surface area contributed by atoms with Crippen LogP contribution >= 0.6 is 0 Å². The average Bonchev–Trinajstić information content (AvgIpc) is 2.50. The number of para-hydroxylation sites is 2. The van der Waals surface area contributed by atoms with Crippen molar-refractivity contribution in [1.29, 1.82) is 0 Å². The van der Waals surface area contributed by atoms with E-state index in [1.807, 2.05) is 44.2 Å². The second-order valence-corrected chi connectivity index (χ2v) is 4.49. The number of benzene rings is 1. The third-order valence-electron chi connectivity index (χ3n) is 2.78. The van der Waals surface area contributed by atoms with Gasteiger partial charge in [-0.1, -0.05) is 19.1 Å². The standard InChI is InChI=1S/C16H21N3O2/c1-3-11-21-16-12(17)9-10-15(19-16)18-13-7-5-6-8-14(13)20-4-2/h5-10H,3-4,11,17H2,1-2H3,(H,18,19).